The number of carbonyl (C=O) groups is 1. The molecule has 186 valence electrons. The molecule has 9 heteroatoms. The van der Waals surface area contributed by atoms with Crippen molar-refractivity contribution in [1.29, 1.82) is 0 Å². The minimum absolute atomic E-state index is 0.0521. The van der Waals surface area contributed by atoms with Gasteiger partial charge in [-0.25, -0.2) is 13.5 Å². The maximum atomic E-state index is 14.1. The van der Waals surface area contributed by atoms with Crippen LogP contribution < -0.4 is 5.06 Å². The van der Waals surface area contributed by atoms with Gasteiger partial charge in [-0.1, -0.05) is 66.7 Å². The molecule has 5 rings (SSSR count). The van der Waals surface area contributed by atoms with Crippen LogP contribution in [0.1, 0.15) is 22.0 Å². The average Bonchev–Trinajstić information content (AvgIpc) is 3.36. The van der Waals surface area contributed by atoms with Crippen molar-refractivity contribution in [3.05, 3.63) is 137 Å². The molecule has 0 spiro atoms. The Morgan fingerprint density at radius 3 is 1.89 bits per heavy atom. The van der Waals surface area contributed by atoms with Crippen LogP contribution in [0.2, 0.25) is 0 Å². The van der Waals surface area contributed by atoms with Crippen LogP contribution in [0.15, 0.2) is 120 Å². The summed E-state index contributed by atoms with van der Waals surface area (Å²) in [4.78, 5) is 30.7. The van der Waals surface area contributed by atoms with Crippen LogP contribution in [0, 0.1) is 10.1 Å². The number of anilines is 1. The second-order valence-electron chi connectivity index (χ2n) is 8.53. The Labute approximate surface area is 213 Å². The van der Waals surface area contributed by atoms with Gasteiger partial charge in [0.25, 0.3) is 5.69 Å². The molecule has 1 saturated heterocycles. The summed E-state index contributed by atoms with van der Waals surface area (Å²) in [6, 6.07) is 29.8. The Morgan fingerprint density at radius 2 is 1.32 bits per heavy atom. The molecule has 0 aromatic heterocycles. The molecule has 1 fully saturated rings. The van der Waals surface area contributed by atoms with E-state index in [0.717, 1.165) is 0 Å². The molecular weight excluding hydrogens is 492 g/mol. The van der Waals surface area contributed by atoms with Crippen molar-refractivity contribution in [3.8, 4) is 0 Å². The predicted molar refractivity (Wildman–Crippen MR) is 138 cm³/mol. The van der Waals surface area contributed by atoms with Gasteiger partial charge in [-0.15, -0.1) is 0 Å². The Balaban J connectivity index is 1.71. The number of para-hydroxylation sites is 1. The van der Waals surface area contributed by atoms with Crippen molar-refractivity contribution in [2.75, 3.05) is 5.06 Å². The van der Waals surface area contributed by atoms with Gasteiger partial charge in [-0.3, -0.25) is 19.7 Å². The predicted octanol–water partition coefficient (Wildman–Crippen LogP) is 5.18. The summed E-state index contributed by atoms with van der Waals surface area (Å²) in [5.41, 5.74) is 1.19. The number of nitrogens with zero attached hydrogens (tertiary/aromatic N) is 2. The fourth-order valence-electron chi connectivity index (χ4n) is 4.53. The number of Topliss-reactive ketones (excluding diaryl/α,β-unsaturated/α-hetero) is 1. The molecular formula is C28H22N2O6S. The zero-order valence-corrected chi connectivity index (χ0v) is 20.3. The maximum Gasteiger partial charge on any atom is 0.269 e. The number of carbonyl (C=O) groups excluding carboxylic acids is 1. The molecule has 1 aliphatic heterocycles. The third-order valence-electron chi connectivity index (χ3n) is 6.29. The van der Waals surface area contributed by atoms with Crippen molar-refractivity contribution >= 4 is 27.0 Å². The van der Waals surface area contributed by atoms with E-state index in [4.69, 9.17) is 4.84 Å². The number of nitro benzene ring substituents is 1. The molecule has 1 aliphatic rings. The van der Waals surface area contributed by atoms with Crippen LogP contribution >= 0.6 is 0 Å². The number of sulfone groups is 1. The van der Waals surface area contributed by atoms with E-state index < -0.39 is 37.9 Å². The van der Waals surface area contributed by atoms with Gasteiger partial charge < -0.3 is 0 Å². The summed E-state index contributed by atoms with van der Waals surface area (Å²) < 4.78 is 28.3. The molecule has 0 saturated carbocycles. The topological polar surface area (TPSA) is 107 Å². The molecule has 3 atom stereocenters. The number of nitro groups is 1. The third kappa shape index (κ3) is 4.62. The SMILES string of the molecule is O=C(c1ccccc1)[C@@H]1ON(c2ccccc2)[C@H](c2ccc([N+](=O)[O-])cc2)[C@H]1S(=O)(=O)c1ccccc1. The first kappa shape index (κ1) is 24.4. The molecule has 8 nitrogen and oxygen atoms in total. The molecule has 0 bridgehead atoms. The summed E-state index contributed by atoms with van der Waals surface area (Å²) in [6.07, 6.45) is -1.37. The summed E-state index contributed by atoms with van der Waals surface area (Å²) in [5.74, 6) is -0.476. The number of ketones is 1. The second kappa shape index (κ2) is 9.96. The maximum absolute atomic E-state index is 14.1. The number of benzene rings is 4. The highest BCUT2D eigenvalue weighted by molar-refractivity contribution is 7.92. The van der Waals surface area contributed by atoms with Crippen molar-refractivity contribution in [1.82, 2.24) is 0 Å². The largest absolute Gasteiger partial charge is 0.291 e. The Hall–Kier alpha value is -4.34. The molecule has 37 heavy (non-hydrogen) atoms. The van der Waals surface area contributed by atoms with Crippen LogP contribution in [0.5, 0.6) is 0 Å². The molecule has 0 aliphatic carbocycles. The first-order chi connectivity index (χ1) is 17.9. The van der Waals surface area contributed by atoms with Crippen molar-refractivity contribution in [2.24, 2.45) is 0 Å². The minimum Gasteiger partial charge on any atom is -0.291 e. The molecule has 0 unspecified atom stereocenters. The number of non-ortho nitro benzene ring substituents is 1. The highest BCUT2D eigenvalue weighted by Crippen LogP contribution is 2.44. The lowest BCUT2D eigenvalue weighted by molar-refractivity contribution is -0.384. The minimum atomic E-state index is -4.13. The fraction of sp³-hybridized carbons (Fsp3) is 0.107. The lowest BCUT2D eigenvalue weighted by Gasteiger charge is -2.27. The lowest BCUT2D eigenvalue weighted by Crippen LogP contribution is -2.39. The third-order valence-corrected chi connectivity index (χ3v) is 8.44. The van der Waals surface area contributed by atoms with Crippen molar-refractivity contribution in [2.45, 2.75) is 22.3 Å². The first-order valence-electron chi connectivity index (χ1n) is 11.5. The first-order valence-corrected chi connectivity index (χ1v) is 13.1. The van der Waals surface area contributed by atoms with Gasteiger partial charge in [0, 0.05) is 17.7 Å². The van der Waals surface area contributed by atoms with E-state index in [2.05, 4.69) is 0 Å². The van der Waals surface area contributed by atoms with E-state index >= 15 is 0 Å². The zero-order chi connectivity index (χ0) is 26.0. The molecule has 0 N–H and O–H groups in total. The highest BCUT2D eigenvalue weighted by Gasteiger charge is 2.55. The molecule has 1 heterocycles. The summed E-state index contributed by atoms with van der Waals surface area (Å²) in [5, 5.41) is 11.3. The van der Waals surface area contributed by atoms with Gasteiger partial charge in [-0.2, -0.15) is 0 Å². The van der Waals surface area contributed by atoms with Crippen molar-refractivity contribution in [3.63, 3.8) is 0 Å². The number of hydrogen-bond acceptors (Lipinski definition) is 7. The van der Waals surface area contributed by atoms with Gasteiger partial charge in [0.1, 0.15) is 11.3 Å². The van der Waals surface area contributed by atoms with Crippen LogP contribution in [0.25, 0.3) is 0 Å². The quantitative estimate of drug-likeness (QED) is 0.190. The van der Waals surface area contributed by atoms with Gasteiger partial charge in [0.05, 0.1) is 15.5 Å². The number of hydrogen-bond donors (Lipinski definition) is 0. The summed E-state index contributed by atoms with van der Waals surface area (Å²) in [6.45, 7) is 0. The fourth-order valence-corrected chi connectivity index (χ4v) is 6.48. The van der Waals surface area contributed by atoms with E-state index in [1.54, 1.807) is 72.8 Å². The standard InChI is InChI=1S/C28H22N2O6S/c31-26(21-10-4-1-5-11-21)27-28(37(34,35)24-14-8-3-9-15-24)25(20-16-18-23(19-17-20)30(32)33)29(36-27)22-12-6-2-7-13-22/h1-19,25,27-28H/t25-,27+,28-/m1/s1. The van der Waals surface area contributed by atoms with Crippen LogP contribution in [0.3, 0.4) is 0 Å². The van der Waals surface area contributed by atoms with E-state index in [1.807, 2.05) is 6.07 Å². The van der Waals surface area contributed by atoms with E-state index in [-0.39, 0.29) is 10.6 Å². The van der Waals surface area contributed by atoms with E-state index in [9.17, 15) is 23.3 Å². The molecule has 4 aromatic carbocycles. The van der Waals surface area contributed by atoms with Gasteiger partial charge in [0.15, 0.2) is 21.7 Å². The van der Waals surface area contributed by atoms with Gasteiger partial charge >= 0.3 is 0 Å². The average molecular weight is 515 g/mol. The van der Waals surface area contributed by atoms with Crippen LogP contribution in [-0.4, -0.2) is 30.5 Å². The normalized spacial score (nSPS) is 19.5. The smallest absolute Gasteiger partial charge is 0.269 e. The lowest BCUT2D eigenvalue weighted by atomic mass is 9.96. The summed E-state index contributed by atoms with van der Waals surface area (Å²) >= 11 is 0. The van der Waals surface area contributed by atoms with Gasteiger partial charge in [0.2, 0.25) is 0 Å². The zero-order valence-electron chi connectivity index (χ0n) is 19.5. The highest BCUT2D eigenvalue weighted by atomic mass is 32.2. The number of hydroxylamine groups is 1. The second-order valence-corrected chi connectivity index (χ2v) is 10.6. The van der Waals surface area contributed by atoms with Gasteiger partial charge in [-0.05, 0) is 42.0 Å². The summed E-state index contributed by atoms with van der Waals surface area (Å²) in [7, 11) is -4.13. The molecule has 0 radical (unpaired) electrons. The Kier molecular flexibility index (Phi) is 6.56. The molecule has 4 aromatic rings. The Morgan fingerprint density at radius 1 is 0.784 bits per heavy atom. The van der Waals surface area contributed by atoms with Crippen LogP contribution in [-0.2, 0) is 14.7 Å². The van der Waals surface area contributed by atoms with E-state index in [1.165, 1.54) is 41.5 Å². The molecule has 0 amide bonds. The Bertz CT molecular complexity index is 1510. The monoisotopic (exact) mass is 514 g/mol. The van der Waals surface area contributed by atoms with Crippen LogP contribution in [0.4, 0.5) is 11.4 Å². The van der Waals surface area contributed by atoms with Crippen molar-refractivity contribution < 1.29 is 23.0 Å². The number of rotatable bonds is 7. The van der Waals surface area contributed by atoms with E-state index in [0.29, 0.717) is 16.8 Å².